The molecule has 158 valence electrons. The van der Waals surface area contributed by atoms with Gasteiger partial charge in [0.25, 0.3) is 5.91 Å². The maximum absolute atomic E-state index is 13.4. The maximum Gasteiger partial charge on any atom is 0.253 e. The first-order valence-electron chi connectivity index (χ1n) is 10.5. The van der Waals surface area contributed by atoms with Gasteiger partial charge < -0.3 is 19.3 Å². The average Bonchev–Trinajstić information content (AvgIpc) is 3.49. The van der Waals surface area contributed by atoms with E-state index in [1.165, 1.54) is 0 Å². The van der Waals surface area contributed by atoms with Crippen LogP contribution in [0.25, 0.3) is 0 Å². The molecule has 0 N–H and O–H groups in total. The number of hydrogen-bond donors (Lipinski definition) is 0. The molecule has 0 spiro atoms. The van der Waals surface area contributed by atoms with Gasteiger partial charge in [0.15, 0.2) is 0 Å². The van der Waals surface area contributed by atoms with Gasteiger partial charge in [0.1, 0.15) is 11.5 Å². The fourth-order valence-corrected chi connectivity index (χ4v) is 4.60. The summed E-state index contributed by atoms with van der Waals surface area (Å²) in [6.07, 6.45) is 2.08. The zero-order valence-electron chi connectivity index (χ0n) is 17.5. The molecule has 2 saturated heterocycles. The second-order valence-electron chi connectivity index (χ2n) is 7.93. The smallest absolute Gasteiger partial charge is 0.253 e. The van der Waals surface area contributed by atoms with Crippen LogP contribution in [0.3, 0.4) is 0 Å². The second kappa shape index (κ2) is 8.78. The lowest BCUT2D eigenvalue weighted by molar-refractivity contribution is -0.134. The summed E-state index contributed by atoms with van der Waals surface area (Å²) >= 11 is 0. The molecule has 2 aromatic rings. The Labute approximate surface area is 177 Å². The van der Waals surface area contributed by atoms with Crippen molar-refractivity contribution >= 4 is 11.8 Å². The maximum atomic E-state index is 13.4. The summed E-state index contributed by atoms with van der Waals surface area (Å²) in [5.41, 5.74) is 1.56. The van der Waals surface area contributed by atoms with E-state index < -0.39 is 0 Å². The summed E-state index contributed by atoms with van der Waals surface area (Å²) in [6.45, 7) is 2.48. The standard InChI is InChI=1S/C24H28N2O4/c1-29-18-10-11-22(30-2)19(14-18)20-15-26(23(27)17-8-4-3-5-9-17)16-21(20)24(28)25-12-6-7-13-25/h3-5,8-11,14,20-21H,6-7,12-13,15-16H2,1-2H3. The molecule has 2 heterocycles. The Morgan fingerprint density at radius 3 is 2.30 bits per heavy atom. The molecule has 6 nitrogen and oxygen atoms in total. The highest BCUT2D eigenvalue weighted by Crippen LogP contribution is 2.41. The predicted molar refractivity (Wildman–Crippen MR) is 114 cm³/mol. The predicted octanol–water partition coefficient (Wildman–Crippen LogP) is 3.18. The van der Waals surface area contributed by atoms with Crippen molar-refractivity contribution in [3.8, 4) is 11.5 Å². The van der Waals surface area contributed by atoms with Crippen LogP contribution in [0.5, 0.6) is 11.5 Å². The van der Waals surface area contributed by atoms with Gasteiger partial charge in [0.2, 0.25) is 5.91 Å². The topological polar surface area (TPSA) is 59.1 Å². The molecule has 0 radical (unpaired) electrons. The minimum absolute atomic E-state index is 0.0424. The molecule has 0 aliphatic carbocycles. The first-order valence-corrected chi connectivity index (χ1v) is 10.5. The number of amides is 2. The van der Waals surface area contributed by atoms with Crippen LogP contribution in [0.1, 0.15) is 34.7 Å². The molecule has 2 aliphatic rings. The summed E-state index contributed by atoms with van der Waals surface area (Å²) in [6, 6.07) is 14.9. The summed E-state index contributed by atoms with van der Waals surface area (Å²) < 4.78 is 11.0. The van der Waals surface area contributed by atoms with Gasteiger partial charge in [0, 0.05) is 43.2 Å². The van der Waals surface area contributed by atoms with Crippen LogP contribution in [-0.2, 0) is 4.79 Å². The van der Waals surface area contributed by atoms with Crippen LogP contribution in [0.2, 0.25) is 0 Å². The lowest BCUT2D eigenvalue weighted by Gasteiger charge is -2.25. The number of rotatable bonds is 5. The van der Waals surface area contributed by atoms with E-state index in [4.69, 9.17) is 9.47 Å². The third kappa shape index (κ3) is 3.86. The molecular formula is C24H28N2O4. The number of benzene rings is 2. The van der Waals surface area contributed by atoms with Gasteiger partial charge in [-0.1, -0.05) is 18.2 Å². The van der Waals surface area contributed by atoms with Crippen molar-refractivity contribution < 1.29 is 19.1 Å². The second-order valence-corrected chi connectivity index (χ2v) is 7.93. The Balaban J connectivity index is 1.68. The largest absolute Gasteiger partial charge is 0.497 e. The molecule has 2 amide bonds. The molecule has 4 rings (SSSR count). The molecule has 0 saturated carbocycles. The van der Waals surface area contributed by atoms with Crippen molar-refractivity contribution in [2.45, 2.75) is 18.8 Å². The Morgan fingerprint density at radius 1 is 0.900 bits per heavy atom. The van der Waals surface area contributed by atoms with E-state index in [1.807, 2.05) is 53.4 Å². The van der Waals surface area contributed by atoms with Crippen LogP contribution in [0.15, 0.2) is 48.5 Å². The first kappa shape index (κ1) is 20.3. The van der Waals surface area contributed by atoms with Crippen LogP contribution in [0.4, 0.5) is 0 Å². The molecule has 2 unspecified atom stereocenters. The lowest BCUT2D eigenvalue weighted by atomic mass is 9.87. The van der Waals surface area contributed by atoms with Gasteiger partial charge >= 0.3 is 0 Å². The van der Waals surface area contributed by atoms with E-state index in [-0.39, 0.29) is 23.7 Å². The number of methoxy groups -OCH3 is 2. The zero-order chi connectivity index (χ0) is 21.1. The fraction of sp³-hybridized carbons (Fsp3) is 0.417. The average molecular weight is 408 g/mol. The molecule has 6 heteroatoms. The van der Waals surface area contributed by atoms with Crippen molar-refractivity contribution in [2.75, 3.05) is 40.4 Å². The molecule has 2 atom stereocenters. The van der Waals surface area contributed by atoms with Gasteiger partial charge in [-0.05, 0) is 43.2 Å². The highest BCUT2D eigenvalue weighted by Gasteiger charge is 2.43. The van der Waals surface area contributed by atoms with Gasteiger partial charge in [-0.15, -0.1) is 0 Å². The Morgan fingerprint density at radius 2 is 1.63 bits per heavy atom. The Kier molecular flexibility index (Phi) is 5.93. The van der Waals surface area contributed by atoms with Crippen molar-refractivity contribution in [3.63, 3.8) is 0 Å². The molecule has 2 fully saturated rings. The number of carbonyl (C=O) groups excluding carboxylic acids is 2. The number of ether oxygens (including phenoxy) is 2. The zero-order valence-corrected chi connectivity index (χ0v) is 17.5. The highest BCUT2D eigenvalue weighted by molar-refractivity contribution is 5.95. The quantitative estimate of drug-likeness (QED) is 0.763. The monoisotopic (exact) mass is 408 g/mol. The number of likely N-dealkylation sites (tertiary alicyclic amines) is 2. The molecule has 0 bridgehead atoms. The molecule has 2 aromatic carbocycles. The van der Waals surface area contributed by atoms with Crippen molar-refractivity contribution in [1.82, 2.24) is 9.80 Å². The van der Waals surface area contributed by atoms with Gasteiger partial charge in [-0.3, -0.25) is 9.59 Å². The lowest BCUT2D eigenvalue weighted by Crippen LogP contribution is -2.37. The Hall–Kier alpha value is -3.02. The van der Waals surface area contributed by atoms with E-state index in [1.54, 1.807) is 19.1 Å². The molecule has 30 heavy (non-hydrogen) atoms. The molecular weight excluding hydrogens is 380 g/mol. The fourth-order valence-electron chi connectivity index (χ4n) is 4.60. The van der Waals surface area contributed by atoms with E-state index in [2.05, 4.69) is 0 Å². The summed E-state index contributed by atoms with van der Waals surface area (Å²) in [7, 11) is 3.25. The van der Waals surface area contributed by atoms with Gasteiger partial charge in [-0.2, -0.15) is 0 Å². The minimum Gasteiger partial charge on any atom is -0.497 e. The van der Waals surface area contributed by atoms with E-state index >= 15 is 0 Å². The molecule has 0 aromatic heterocycles. The number of carbonyl (C=O) groups is 2. The third-order valence-corrected chi connectivity index (χ3v) is 6.20. The summed E-state index contributed by atoms with van der Waals surface area (Å²) in [5.74, 6) is 1.08. The van der Waals surface area contributed by atoms with Gasteiger partial charge in [0.05, 0.1) is 20.1 Å². The van der Waals surface area contributed by atoms with Gasteiger partial charge in [-0.25, -0.2) is 0 Å². The number of hydrogen-bond acceptors (Lipinski definition) is 4. The van der Waals surface area contributed by atoms with Crippen LogP contribution in [0, 0.1) is 5.92 Å². The van der Waals surface area contributed by atoms with E-state index in [0.717, 1.165) is 31.5 Å². The molecule has 2 aliphatic heterocycles. The van der Waals surface area contributed by atoms with E-state index in [9.17, 15) is 9.59 Å². The first-order chi connectivity index (χ1) is 14.6. The van der Waals surface area contributed by atoms with E-state index in [0.29, 0.717) is 30.2 Å². The van der Waals surface area contributed by atoms with Crippen LogP contribution >= 0.6 is 0 Å². The van der Waals surface area contributed by atoms with Crippen molar-refractivity contribution in [2.24, 2.45) is 5.92 Å². The highest BCUT2D eigenvalue weighted by atomic mass is 16.5. The third-order valence-electron chi connectivity index (χ3n) is 6.20. The number of nitrogens with zero attached hydrogens (tertiary/aromatic N) is 2. The van der Waals surface area contributed by atoms with Crippen molar-refractivity contribution in [3.05, 3.63) is 59.7 Å². The van der Waals surface area contributed by atoms with Crippen LogP contribution in [-0.4, -0.2) is 62.0 Å². The summed E-state index contributed by atoms with van der Waals surface area (Å²) in [4.78, 5) is 30.3. The van der Waals surface area contributed by atoms with Crippen LogP contribution < -0.4 is 9.47 Å². The minimum atomic E-state index is -0.295. The SMILES string of the molecule is COc1ccc(OC)c(C2CN(C(=O)c3ccccc3)CC2C(=O)N2CCCC2)c1. The van der Waals surface area contributed by atoms with Crippen molar-refractivity contribution in [1.29, 1.82) is 0 Å². The Bertz CT molecular complexity index is 909. The normalized spacial score (nSPS) is 21.0. The summed E-state index contributed by atoms with van der Waals surface area (Å²) in [5, 5.41) is 0.